The van der Waals surface area contributed by atoms with Crippen LogP contribution in [0, 0.1) is 28.6 Å². The molecule has 2 heterocycles. The largest absolute Gasteiger partial charge is 0.494 e. The molecule has 46 heavy (non-hydrogen) atoms. The molecule has 4 fully saturated rings. The maximum absolute atomic E-state index is 13.4. The zero-order valence-corrected chi connectivity index (χ0v) is 27.6. The van der Waals surface area contributed by atoms with Crippen molar-refractivity contribution in [2.24, 2.45) is 28.6 Å². The molecule has 9 atom stereocenters. The van der Waals surface area contributed by atoms with Crippen LogP contribution in [0.25, 0.3) is 11.8 Å². The highest BCUT2D eigenvalue weighted by atomic mass is 31.2. The summed E-state index contributed by atoms with van der Waals surface area (Å²) in [5.74, 6) is 0.628. The third-order valence-electron chi connectivity index (χ3n) is 12.0. The molecule has 1 unspecified atom stereocenters. The highest BCUT2D eigenvalue weighted by Gasteiger charge is 2.75. The zero-order valence-electron chi connectivity index (χ0n) is 26.7. The summed E-state index contributed by atoms with van der Waals surface area (Å²) < 4.78 is 31.4. The normalized spacial score (nSPS) is 37.8. The maximum Gasteiger partial charge on any atom is 0.325 e. The predicted molar refractivity (Wildman–Crippen MR) is 168 cm³/mol. The number of Topliss-reactive ketones (excluding diaryl/α,β-unsaturated/α-hetero) is 1. The first kappa shape index (κ1) is 32.2. The van der Waals surface area contributed by atoms with Crippen molar-refractivity contribution >= 4 is 19.5 Å². The Balaban J connectivity index is 1.13. The van der Waals surface area contributed by atoms with E-state index in [-0.39, 0.29) is 35.1 Å². The molecule has 1 saturated heterocycles. The fraction of sp³-hybridized carbons (Fsp3) is 0.647. The summed E-state index contributed by atoms with van der Waals surface area (Å²) in [7, 11) is -4.00. The number of nitrogens with zero attached hydrogens (tertiary/aromatic N) is 2. The first-order chi connectivity index (χ1) is 21.8. The molecule has 250 valence electrons. The minimum absolute atomic E-state index is 0.00176. The third kappa shape index (κ3) is 4.88. The van der Waals surface area contributed by atoms with E-state index < -0.39 is 43.7 Å². The van der Waals surface area contributed by atoms with Gasteiger partial charge in [-0.1, -0.05) is 25.5 Å². The lowest BCUT2D eigenvalue weighted by Gasteiger charge is -2.60. The van der Waals surface area contributed by atoms with Crippen LogP contribution in [0.2, 0.25) is 0 Å². The van der Waals surface area contributed by atoms with E-state index >= 15 is 0 Å². The summed E-state index contributed by atoms with van der Waals surface area (Å²) in [6, 6.07) is 7.68. The second-order valence-electron chi connectivity index (χ2n) is 14.6. The highest BCUT2D eigenvalue weighted by molar-refractivity contribution is 7.51. The molecule has 11 nitrogen and oxygen atoms in total. The maximum atomic E-state index is 13.4. The van der Waals surface area contributed by atoms with Gasteiger partial charge in [0, 0.05) is 17.6 Å². The fourth-order valence-electron chi connectivity index (χ4n) is 10.2. The van der Waals surface area contributed by atoms with Crippen molar-refractivity contribution in [1.29, 1.82) is 0 Å². The van der Waals surface area contributed by atoms with Crippen molar-refractivity contribution in [2.75, 3.05) is 19.4 Å². The Morgan fingerprint density at radius 3 is 2.80 bits per heavy atom. The van der Waals surface area contributed by atoms with Gasteiger partial charge in [0.1, 0.15) is 12.4 Å². The minimum atomic E-state index is -4.00. The molecule has 4 aliphatic carbocycles. The molecule has 4 N–H and O–H groups in total. The lowest BCUT2D eigenvalue weighted by Crippen LogP contribution is -2.63. The molecule has 1 aromatic carbocycles. The average molecular weight is 657 g/mol. The van der Waals surface area contributed by atoms with Crippen molar-refractivity contribution in [3.05, 3.63) is 47.3 Å². The van der Waals surface area contributed by atoms with Gasteiger partial charge in [-0.05, 0) is 98.8 Å². The second-order valence-corrected chi connectivity index (χ2v) is 16.3. The number of carbonyl (C=O) groups is 1. The van der Waals surface area contributed by atoms with Crippen molar-refractivity contribution in [3.8, 4) is 11.4 Å². The van der Waals surface area contributed by atoms with Crippen LogP contribution in [-0.4, -0.2) is 79.0 Å². The SMILES string of the molecule is CC1O[C@@H]2C[C@H]3[C@@H]4CCC5=Cc6c(cnn6-c6cccc(OCCCCP(=O)(O)O)c6)C[C@]5(C)[C@H]4[C@@H](O)C[C@]3(C)[C@]2(C(=O)CO)O1. The molecule has 0 amide bonds. The van der Waals surface area contributed by atoms with E-state index in [2.05, 4.69) is 19.9 Å². The molecule has 7 rings (SSSR count). The van der Waals surface area contributed by atoms with E-state index in [4.69, 9.17) is 29.1 Å². The number of ether oxygens (including phenoxy) is 3. The van der Waals surface area contributed by atoms with Gasteiger partial charge in [0.25, 0.3) is 0 Å². The van der Waals surface area contributed by atoms with Crippen molar-refractivity contribution in [3.63, 3.8) is 0 Å². The van der Waals surface area contributed by atoms with Gasteiger partial charge in [0.15, 0.2) is 17.7 Å². The number of unbranched alkanes of at least 4 members (excludes halogenated alkanes) is 1. The number of carbonyl (C=O) groups excluding carboxylic acids is 1. The molecular weight excluding hydrogens is 611 g/mol. The van der Waals surface area contributed by atoms with Crippen LogP contribution < -0.4 is 4.74 Å². The van der Waals surface area contributed by atoms with Crippen LogP contribution in [0.1, 0.15) is 70.6 Å². The molecular formula is C34H45N2O9P. The first-order valence-corrected chi connectivity index (χ1v) is 18.3. The summed E-state index contributed by atoms with van der Waals surface area (Å²) in [6.07, 6.45) is 6.98. The Hall–Kier alpha value is -2.37. The van der Waals surface area contributed by atoms with E-state index in [1.807, 2.05) is 35.1 Å². The van der Waals surface area contributed by atoms with E-state index in [0.717, 1.165) is 36.2 Å². The summed E-state index contributed by atoms with van der Waals surface area (Å²) in [5, 5.41) is 26.8. The number of allylic oxidation sites excluding steroid dienone is 1. The number of aliphatic hydroxyl groups is 2. The summed E-state index contributed by atoms with van der Waals surface area (Å²) in [4.78, 5) is 31.5. The third-order valence-corrected chi connectivity index (χ3v) is 12.9. The number of aromatic nitrogens is 2. The Morgan fingerprint density at radius 2 is 2.04 bits per heavy atom. The molecule has 0 bridgehead atoms. The molecule has 12 heteroatoms. The van der Waals surface area contributed by atoms with Gasteiger partial charge in [0.05, 0.1) is 36.4 Å². The minimum Gasteiger partial charge on any atom is -0.494 e. The summed E-state index contributed by atoms with van der Waals surface area (Å²) in [5.41, 5.74) is 2.16. The second kappa shape index (κ2) is 11.4. The van der Waals surface area contributed by atoms with Gasteiger partial charge in [0.2, 0.25) is 0 Å². The molecule has 0 radical (unpaired) electrons. The fourth-order valence-corrected chi connectivity index (χ4v) is 10.9. The monoisotopic (exact) mass is 656 g/mol. The van der Waals surface area contributed by atoms with E-state index in [9.17, 15) is 19.6 Å². The van der Waals surface area contributed by atoms with Crippen LogP contribution in [0.4, 0.5) is 0 Å². The Bertz CT molecular complexity index is 1600. The number of fused-ring (bicyclic) bond motifs is 8. The van der Waals surface area contributed by atoms with Crippen LogP contribution in [0.3, 0.4) is 0 Å². The average Bonchev–Trinajstić information content (AvgIpc) is 3.63. The molecule has 0 spiro atoms. The van der Waals surface area contributed by atoms with Crippen LogP contribution in [-0.2, 0) is 25.3 Å². The van der Waals surface area contributed by atoms with E-state index in [1.54, 1.807) is 6.92 Å². The van der Waals surface area contributed by atoms with Gasteiger partial charge < -0.3 is 34.2 Å². The Labute approximate surface area is 269 Å². The molecule has 3 saturated carbocycles. The number of rotatable bonds is 9. The first-order valence-electron chi connectivity index (χ1n) is 16.5. The Morgan fingerprint density at radius 1 is 1.24 bits per heavy atom. The Kier molecular flexibility index (Phi) is 7.95. The smallest absolute Gasteiger partial charge is 0.325 e. The van der Waals surface area contributed by atoms with Gasteiger partial charge in [-0.15, -0.1) is 0 Å². The lowest BCUT2D eigenvalue weighted by atomic mass is 9.45. The summed E-state index contributed by atoms with van der Waals surface area (Å²) >= 11 is 0. The lowest BCUT2D eigenvalue weighted by molar-refractivity contribution is -0.199. The molecule has 1 aromatic heterocycles. The summed E-state index contributed by atoms with van der Waals surface area (Å²) in [6.45, 7) is 5.91. The highest BCUT2D eigenvalue weighted by Crippen LogP contribution is 2.70. The van der Waals surface area contributed by atoms with Crippen molar-refractivity contribution in [2.45, 2.75) is 89.8 Å². The van der Waals surface area contributed by atoms with Crippen LogP contribution in [0.5, 0.6) is 5.75 Å². The molecule has 1 aliphatic heterocycles. The standard InChI is InChI=1S/C34H45N2O9P/c1-20-44-30-15-26-25-10-9-22-13-27-21(16-32(22,2)31(25)28(38)17-33(26,3)34(30,45-20)29(39)19-37)18-35-36(27)23-7-6-8-24(14-23)43-11-4-5-12-46(40,41)42/h6-8,13-14,18,20,25-26,28,30-31,37-38H,4-5,9-12,15-17,19H2,1-3H3,(H2,40,41,42)/t20?,25-,26-,28-,30+,31+,32-,33-,34+/m0/s1. The number of hydrogen-bond acceptors (Lipinski definition) is 8. The van der Waals surface area contributed by atoms with Gasteiger partial charge in [-0.25, -0.2) is 4.68 Å². The topological polar surface area (TPSA) is 161 Å². The van der Waals surface area contributed by atoms with Gasteiger partial charge in [-0.3, -0.25) is 9.36 Å². The van der Waals surface area contributed by atoms with Crippen LogP contribution >= 0.6 is 7.60 Å². The quantitative estimate of drug-likeness (QED) is 0.229. The van der Waals surface area contributed by atoms with Gasteiger partial charge >= 0.3 is 7.60 Å². The van der Waals surface area contributed by atoms with Crippen molar-refractivity contribution < 1.29 is 43.6 Å². The number of ketones is 1. The number of hydrogen-bond donors (Lipinski definition) is 4. The van der Waals surface area contributed by atoms with Crippen LogP contribution in [0.15, 0.2) is 36.0 Å². The molecule has 2 aromatic rings. The van der Waals surface area contributed by atoms with Gasteiger partial charge in [-0.2, -0.15) is 5.10 Å². The van der Waals surface area contributed by atoms with Crippen molar-refractivity contribution in [1.82, 2.24) is 9.78 Å². The number of aliphatic hydroxyl groups excluding tert-OH is 2. The van der Waals surface area contributed by atoms with E-state index in [1.165, 1.54) is 5.57 Å². The molecule has 5 aliphatic rings. The zero-order chi connectivity index (χ0) is 32.6. The number of benzene rings is 1. The van der Waals surface area contributed by atoms with E-state index in [0.29, 0.717) is 38.0 Å². The predicted octanol–water partition coefficient (Wildman–Crippen LogP) is 4.03.